The van der Waals surface area contributed by atoms with Crippen molar-refractivity contribution in [3.63, 3.8) is 0 Å². The van der Waals surface area contributed by atoms with Gasteiger partial charge in [0, 0.05) is 17.7 Å². The Bertz CT molecular complexity index is 745. The number of ether oxygens (including phenoxy) is 2. The van der Waals surface area contributed by atoms with Crippen molar-refractivity contribution in [1.29, 1.82) is 0 Å². The summed E-state index contributed by atoms with van der Waals surface area (Å²) in [4.78, 5) is 13.2. The average molecular weight is 369 g/mol. The number of nitrogens with one attached hydrogen (secondary N) is 1. The highest BCUT2D eigenvalue weighted by atomic mass is 35.5. The second kappa shape index (κ2) is 6.91. The highest BCUT2D eigenvalue weighted by molar-refractivity contribution is 7.12. The van der Waals surface area contributed by atoms with Crippen LogP contribution in [0.1, 0.15) is 41.5 Å². The number of rotatable bonds is 3. The van der Waals surface area contributed by atoms with E-state index in [1.54, 1.807) is 19.2 Å². The van der Waals surface area contributed by atoms with Crippen molar-refractivity contribution in [1.82, 2.24) is 5.32 Å². The summed E-state index contributed by atoms with van der Waals surface area (Å²) in [5.41, 5.74) is 7.10. The zero-order valence-corrected chi connectivity index (χ0v) is 15.4. The highest BCUT2D eigenvalue weighted by Crippen LogP contribution is 2.40. The first kappa shape index (κ1) is 18.4. The molecule has 1 atom stereocenters. The van der Waals surface area contributed by atoms with Crippen LogP contribution in [-0.2, 0) is 0 Å². The summed E-state index contributed by atoms with van der Waals surface area (Å²) in [6, 6.07) is 7.16. The molecule has 5 nitrogen and oxygen atoms in total. The van der Waals surface area contributed by atoms with Crippen LogP contribution in [0, 0.1) is 0 Å². The molecule has 0 bridgehead atoms. The molecule has 1 unspecified atom stereocenters. The van der Waals surface area contributed by atoms with Gasteiger partial charge in [0.2, 0.25) is 0 Å². The van der Waals surface area contributed by atoms with E-state index in [1.807, 2.05) is 31.4 Å². The van der Waals surface area contributed by atoms with Gasteiger partial charge in [-0.05, 0) is 43.5 Å². The number of nitrogen functional groups attached to an aromatic ring is 1. The zero-order chi connectivity index (χ0) is 16.6. The lowest BCUT2D eigenvalue weighted by atomic mass is 9.89. The first-order valence-electron chi connectivity index (χ1n) is 7.40. The molecule has 2 aromatic rings. The van der Waals surface area contributed by atoms with Crippen molar-refractivity contribution in [3.8, 4) is 11.5 Å². The number of methoxy groups -OCH3 is 1. The van der Waals surface area contributed by atoms with Gasteiger partial charge in [0.05, 0.1) is 13.2 Å². The Balaban J connectivity index is 0.00000208. The van der Waals surface area contributed by atoms with Gasteiger partial charge >= 0.3 is 0 Å². The summed E-state index contributed by atoms with van der Waals surface area (Å²) >= 11 is 1.36. The number of anilines is 1. The highest BCUT2D eigenvalue weighted by Gasteiger charge is 2.35. The van der Waals surface area contributed by atoms with Crippen LogP contribution in [0.2, 0.25) is 0 Å². The van der Waals surface area contributed by atoms with Crippen molar-refractivity contribution < 1.29 is 14.3 Å². The van der Waals surface area contributed by atoms with E-state index in [4.69, 9.17) is 15.2 Å². The second-order valence-corrected chi connectivity index (χ2v) is 7.12. The number of carbonyl (C=O) groups is 1. The molecular weight excluding hydrogens is 348 g/mol. The SMILES string of the molecule is COc1ccsc1C(=O)NC1CC(C)(C)Oc2ccc(N)cc21.Cl. The lowest BCUT2D eigenvalue weighted by Crippen LogP contribution is -2.41. The molecule has 0 saturated carbocycles. The minimum Gasteiger partial charge on any atom is -0.495 e. The first-order valence-corrected chi connectivity index (χ1v) is 8.28. The zero-order valence-electron chi connectivity index (χ0n) is 13.8. The number of carbonyl (C=O) groups excluding carboxylic acids is 1. The summed E-state index contributed by atoms with van der Waals surface area (Å²) in [5, 5.41) is 4.93. The third-order valence-corrected chi connectivity index (χ3v) is 4.75. The van der Waals surface area contributed by atoms with Crippen LogP contribution in [0.25, 0.3) is 0 Å². The van der Waals surface area contributed by atoms with Gasteiger partial charge in [-0.3, -0.25) is 4.79 Å². The Morgan fingerprint density at radius 2 is 2.17 bits per heavy atom. The van der Waals surface area contributed by atoms with Crippen LogP contribution in [0.3, 0.4) is 0 Å². The minimum atomic E-state index is -0.361. The van der Waals surface area contributed by atoms with E-state index in [2.05, 4.69) is 5.32 Å². The van der Waals surface area contributed by atoms with Gasteiger partial charge in [0.25, 0.3) is 5.91 Å². The number of hydrogen-bond donors (Lipinski definition) is 2. The topological polar surface area (TPSA) is 73.6 Å². The minimum absolute atomic E-state index is 0. The van der Waals surface area contributed by atoms with E-state index in [-0.39, 0.29) is 30.0 Å². The lowest BCUT2D eigenvalue weighted by molar-refractivity contribution is 0.0620. The van der Waals surface area contributed by atoms with Crippen LogP contribution < -0.4 is 20.5 Å². The third kappa shape index (κ3) is 3.60. The predicted molar refractivity (Wildman–Crippen MR) is 98.5 cm³/mol. The van der Waals surface area contributed by atoms with Crippen LogP contribution >= 0.6 is 23.7 Å². The van der Waals surface area contributed by atoms with Crippen molar-refractivity contribution in [2.75, 3.05) is 12.8 Å². The molecule has 130 valence electrons. The Hall–Kier alpha value is -1.92. The Labute approximate surface area is 151 Å². The number of fused-ring (bicyclic) bond motifs is 1. The maximum atomic E-state index is 12.6. The normalized spacial score (nSPS) is 17.9. The van der Waals surface area contributed by atoms with Gasteiger partial charge in [-0.2, -0.15) is 0 Å². The number of amides is 1. The third-order valence-electron chi connectivity index (χ3n) is 3.85. The molecule has 3 rings (SSSR count). The lowest BCUT2D eigenvalue weighted by Gasteiger charge is -2.38. The molecule has 1 aliphatic rings. The summed E-state index contributed by atoms with van der Waals surface area (Å²) in [6.45, 7) is 4.02. The van der Waals surface area contributed by atoms with Gasteiger partial charge < -0.3 is 20.5 Å². The van der Waals surface area contributed by atoms with E-state index < -0.39 is 0 Å². The van der Waals surface area contributed by atoms with E-state index in [1.165, 1.54) is 11.3 Å². The summed E-state index contributed by atoms with van der Waals surface area (Å²) in [6.07, 6.45) is 0.670. The Morgan fingerprint density at radius 3 is 2.88 bits per heavy atom. The van der Waals surface area contributed by atoms with Crippen LogP contribution in [0.5, 0.6) is 11.5 Å². The number of thiophene rings is 1. The molecule has 0 saturated heterocycles. The van der Waals surface area contributed by atoms with E-state index in [0.29, 0.717) is 22.7 Å². The average Bonchev–Trinajstić information content (AvgIpc) is 2.96. The molecule has 1 aliphatic heterocycles. The standard InChI is InChI=1S/C17H20N2O3S.ClH/c1-17(2)9-12(11-8-10(18)4-5-13(11)22-17)19-16(20)15-14(21-3)6-7-23-15;/h4-8,12H,9,18H2,1-3H3,(H,19,20);1H. The molecule has 0 aliphatic carbocycles. The second-order valence-electron chi connectivity index (χ2n) is 6.21. The largest absolute Gasteiger partial charge is 0.495 e. The summed E-state index contributed by atoms with van der Waals surface area (Å²) < 4.78 is 11.2. The number of halogens is 1. The number of hydrogen-bond acceptors (Lipinski definition) is 5. The fourth-order valence-corrected chi connectivity index (χ4v) is 3.61. The molecule has 0 radical (unpaired) electrons. The van der Waals surface area contributed by atoms with Crippen molar-refractivity contribution in [3.05, 3.63) is 40.1 Å². The smallest absolute Gasteiger partial charge is 0.265 e. The van der Waals surface area contributed by atoms with Crippen molar-refractivity contribution in [2.45, 2.75) is 31.9 Å². The summed E-state index contributed by atoms with van der Waals surface area (Å²) in [7, 11) is 1.56. The van der Waals surface area contributed by atoms with Crippen molar-refractivity contribution >= 4 is 35.3 Å². The molecule has 24 heavy (non-hydrogen) atoms. The van der Waals surface area contributed by atoms with Crippen molar-refractivity contribution in [2.24, 2.45) is 0 Å². The summed E-state index contributed by atoms with van der Waals surface area (Å²) in [5.74, 6) is 1.21. The van der Waals surface area contributed by atoms with Crippen LogP contribution in [0.15, 0.2) is 29.6 Å². The van der Waals surface area contributed by atoms with E-state index in [0.717, 1.165) is 11.3 Å². The molecule has 0 spiro atoms. The predicted octanol–water partition coefficient (Wildman–Crippen LogP) is 3.79. The molecule has 1 amide bonds. The molecule has 2 heterocycles. The first-order chi connectivity index (χ1) is 10.9. The van der Waals surface area contributed by atoms with E-state index >= 15 is 0 Å². The molecular formula is C17H21ClN2O3S. The van der Waals surface area contributed by atoms with Gasteiger partial charge in [-0.1, -0.05) is 0 Å². The number of benzene rings is 1. The monoisotopic (exact) mass is 368 g/mol. The molecule has 3 N–H and O–H groups in total. The van der Waals surface area contributed by atoms with Crippen LogP contribution in [0.4, 0.5) is 5.69 Å². The maximum Gasteiger partial charge on any atom is 0.265 e. The maximum absolute atomic E-state index is 12.6. The quantitative estimate of drug-likeness (QED) is 0.808. The van der Waals surface area contributed by atoms with Crippen LogP contribution in [-0.4, -0.2) is 18.6 Å². The fourth-order valence-electron chi connectivity index (χ4n) is 2.85. The van der Waals surface area contributed by atoms with Gasteiger partial charge in [0.15, 0.2) is 0 Å². The Kier molecular flexibility index (Phi) is 5.30. The number of nitrogens with two attached hydrogens (primary N) is 1. The van der Waals surface area contributed by atoms with E-state index in [9.17, 15) is 4.79 Å². The Morgan fingerprint density at radius 1 is 1.42 bits per heavy atom. The van der Waals surface area contributed by atoms with Gasteiger partial charge in [-0.15, -0.1) is 23.7 Å². The molecule has 1 aromatic carbocycles. The molecule has 0 fully saturated rings. The van der Waals surface area contributed by atoms with Gasteiger partial charge in [-0.25, -0.2) is 0 Å². The fraction of sp³-hybridized carbons (Fsp3) is 0.353. The molecule has 7 heteroatoms. The van der Waals surface area contributed by atoms with Gasteiger partial charge in [0.1, 0.15) is 22.0 Å². The molecule has 1 aromatic heterocycles.